The van der Waals surface area contributed by atoms with Gasteiger partial charge in [-0.05, 0) is 60.0 Å². The minimum Gasteiger partial charge on any atom is -0.493 e. The van der Waals surface area contributed by atoms with Gasteiger partial charge < -0.3 is 24.8 Å². The zero-order chi connectivity index (χ0) is 22.4. The van der Waals surface area contributed by atoms with Crippen molar-refractivity contribution in [2.24, 2.45) is 0 Å². The van der Waals surface area contributed by atoms with Gasteiger partial charge >= 0.3 is 5.97 Å². The van der Waals surface area contributed by atoms with Crippen LogP contribution in [0.2, 0.25) is 0 Å². The van der Waals surface area contributed by atoms with Crippen molar-refractivity contribution in [1.29, 1.82) is 0 Å². The van der Waals surface area contributed by atoms with Gasteiger partial charge in [-0.25, -0.2) is 4.79 Å². The number of amides is 2. The Morgan fingerprint density at radius 2 is 1.90 bits per heavy atom. The molecule has 0 aromatic heterocycles. The number of halogens is 1. The Labute approximate surface area is 188 Å². The molecule has 31 heavy (non-hydrogen) atoms. The summed E-state index contributed by atoms with van der Waals surface area (Å²) in [6, 6.07) is 9.88. The second-order valence-corrected chi connectivity index (χ2v) is 7.69. The van der Waals surface area contributed by atoms with Crippen LogP contribution in [0, 0.1) is 0 Å². The van der Waals surface area contributed by atoms with Gasteiger partial charge in [0, 0.05) is 6.04 Å². The first kappa shape index (κ1) is 22.6. The molecule has 9 heteroatoms. The molecule has 2 amide bonds. The van der Waals surface area contributed by atoms with E-state index >= 15 is 0 Å². The molecule has 0 heterocycles. The third kappa shape index (κ3) is 5.97. The van der Waals surface area contributed by atoms with Crippen molar-refractivity contribution in [3.05, 3.63) is 52.0 Å². The molecule has 0 radical (unpaired) electrons. The van der Waals surface area contributed by atoms with Crippen molar-refractivity contribution < 1.29 is 28.6 Å². The lowest BCUT2D eigenvalue weighted by atomic mass is 10.1. The van der Waals surface area contributed by atoms with Crippen LogP contribution in [0.15, 0.2) is 40.9 Å². The maximum Gasteiger partial charge on any atom is 0.338 e. The van der Waals surface area contributed by atoms with Crippen molar-refractivity contribution in [3.63, 3.8) is 0 Å². The third-order valence-corrected chi connectivity index (χ3v) is 5.04. The molecular formula is C22H23BrN2O6. The van der Waals surface area contributed by atoms with E-state index in [2.05, 4.69) is 26.6 Å². The van der Waals surface area contributed by atoms with Gasteiger partial charge in [-0.1, -0.05) is 12.1 Å². The van der Waals surface area contributed by atoms with Crippen LogP contribution in [0.25, 0.3) is 0 Å². The number of hydrogen-bond donors (Lipinski definition) is 2. The molecule has 0 atom stereocenters. The fourth-order valence-electron chi connectivity index (χ4n) is 2.80. The number of carbonyl (C=O) groups excluding carboxylic acids is 3. The predicted molar refractivity (Wildman–Crippen MR) is 118 cm³/mol. The van der Waals surface area contributed by atoms with Crippen LogP contribution >= 0.6 is 15.9 Å². The second-order valence-electron chi connectivity index (χ2n) is 6.84. The smallest absolute Gasteiger partial charge is 0.338 e. The second kappa shape index (κ2) is 10.3. The van der Waals surface area contributed by atoms with Crippen molar-refractivity contribution in [3.8, 4) is 11.5 Å². The summed E-state index contributed by atoms with van der Waals surface area (Å²) in [7, 11) is 1.46. The number of ether oxygens (including phenoxy) is 3. The highest BCUT2D eigenvalue weighted by Gasteiger charge is 2.25. The lowest BCUT2D eigenvalue weighted by molar-refractivity contribution is -0.119. The number of rotatable bonds is 9. The molecule has 2 aromatic carbocycles. The molecule has 2 aromatic rings. The number of para-hydroxylation sites is 1. The van der Waals surface area contributed by atoms with Crippen molar-refractivity contribution in [1.82, 2.24) is 5.32 Å². The van der Waals surface area contributed by atoms with Gasteiger partial charge in [0.25, 0.3) is 11.8 Å². The van der Waals surface area contributed by atoms with E-state index in [9.17, 15) is 14.4 Å². The first-order valence-corrected chi connectivity index (χ1v) is 10.6. The lowest BCUT2D eigenvalue weighted by Crippen LogP contribution is -2.28. The molecule has 1 aliphatic rings. The van der Waals surface area contributed by atoms with E-state index in [0.717, 1.165) is 12.8 Å². The highest BCUT2D eigenvalue weighted by molar-refractivity contribution is 9.10. The maximum absolute atomic E-state index is 12.4. The molecule has 8 nitrogen and oxygen atoms in total. The summed E-state index contributed by atoms with van der Waals surface area (Å²) in [5.74, 6) is -0.667. The highest BCUT2D eigenvalue weighted by Crippen LogP contribution is 2.36. The summed E-state index contributed by atoms with van der Waals surface area (Å²) >= 11 is 3.35. The summed E-state index contributed by atoms with van der Waals surface area (Å²) in [6.45, 7) is 1.75. The Hall–Kier alpha value is -3.07. The minimum absolute atomic E-state index is 0.197. The standard InChI is InChI=1S/C22H23BrN2O6/c1-3-30-20-16(23)10-13(11-18(20)29-2)22(28)31-12-19(26)25-17-7-5-4-6-15(17)21(27)24-14-8-9-14/h4-7,10-11,14H,3,8-9,12H2,1-2H3,(H,24,27)(H,25,26). The van der Waals surface area contributed by atoms with Crippen LogP contribution in [0.3, 0.4) is 0 Å². The fraction of sp³-hybridized carbons (Fsp3) is 0.318. The number of methoxy groups -OCH3 is 1. The Morgan fingerprint density at radius 3 is 2.58 bits per heavy atom. The van der Waals surface area contributed by atoms with Gasteiger partial charge in [0.2, 0.25) is 0 Å². The number of esters is 1. The molecule has 0 unspecified atom stereocenters. The molecule has 0 aliphatic heterocycles. The molecular weight excluding hydrogens is 468 g/mol. The average molecular weight is 491 g/mol. The van der Waals surface area contributed by atoms with Gasteiger partial charge in [-0.15, -0.1) is 0 Å². The van der Waals surface area contributed by atoms with Crippen LogP contribution in [0.1, 0.15) is 40.5 Å². The molecule has 2 N–H and O–H groups in total. The summed E-state index contributed by atoms with van der Waals surface area (Å²) in [5.41, 5.74) is 0.908. The molecule has 0 bridgehead atoms. The first-order chi connectivity index (χ1) is 14.9. The molecule has 1 aliphatic carbocycles. The fourth-order valence-corrected chi connectivity index (χ4v) is 3.36. The van der Waals surface area contributed by atoms with E-state index in [4.69, 9.17) is 14.2 Å². The van der Waals surface area contributed by atoms with Crippen LogP contribution in [-0.2, 0) is 9.53 Å². The van der Waals surface area contributed by atoms with E-state index in [-0.39, 0.29) is 17.5 Å². The van der Waals surface area contributed by atoms with Gasteiger partial charge in [0.05, 0.1) is 35.0 Å². The summed E-state index contributed by atoms with van der Waals surface area (Å²) in [4.78, 5) is 37.1. The van der Waals surface area contributed by atoms with Gasteiger partial charge in [-0.2, -0.15) is 0 Å². The van der Waals surface area contributed by atoms with Crippen LogP contribution < -0.4 is 20.1 Å². The SMILES string of the molecule is CCOc1c(Br)cc(C(=O)OCC(=O)Nc2ccccc2C(=O)NC2CC2)cc1OC. The van der Waals surface area contributed by atoms with Gasteiger partial charge in [-0.3, -0.25) is 9.59 Å². The number of carbonyl (C=O) groups is 3. The largest absolute Gasteiger partial charge is 0.493 e. The Kier molecular flexibility index (Phi) is 7.51. The van der Waals surface area contributed by atoms with E-state index in [0.29, 0.717) is 33.8 Å². The average Bonchev–Trinajstić information content (AvgIpc) is 3.57. The Balaban J connectivity index is 1.62. The quantitative estimate of drug-likeness (QED) is 0.521. The topological polar surface area (TPSA) is 103 Å². The maximum atomic E-state index is 12.4. The van der Waals surface area contributed by atoms with Crippen LogP contribution in [0.5, 0.6) is 11.5 Å². The number of benzene rings is 2. The van der Waals surface area contributed by atoms with Crippen molar-refractivity contribution >= 4 is 39.4 Å². The normalized spacial score (nSPS) is 12.6. The summed E-state index contributed by atoms with van der Waals surface area (Å²) in [6.07, 6.45) is 1.92. The van der Waals surface area contributed by atoms with E-state index in [1.165, 1.54) is 19.2 Å². The van der Waals surface area contributed by atoms with E-state index in [1.54, 1.807) is 24.3 Å². The highest BCUT2D eigenvalue weighted by atomic mass is 79.9. The van der Waals surface area contributed by atoms with Crippen LogP contribution in [0.4, 0.5) is 5.69 Å². The molecule has 1 saturated carbocycles. The third-order valence-electron chi connectivity index (χ3n) is 4.45. The zero-order valence-corrected chi connectivity index (χ0v) is 18.8. The van der Waals surface area contributed by atoms with E-state index < -0.39 is 18.5 Å². The van der Waals surface area contributed by atoms with Gasteiger partial charge in [0.15, 0.2) is 18.1 Å². The number of hydrogen-bond acceptors (Lipinski definition) is 6. The molecule has 164 valence electrons. The Bertz CT molecular complexity index is 990. The zero-order valence-electron chi connectivity index (χ0n) is 17.2. The molecule has 1 fully saturated rings. The molecule has 0 saturated heterocycles. The number of anilines is 1. The first-order valence-electron chi connectivity index (χ1n) is 9.80. The van der Waals surface area contributed by atoms with Gasteiger partial charge in [0.1, 0.15) is 0 Å². The monoisotopic (exact) mass is 490 g/mol. The predicted octanol–water partition coefficient (Wildman–Crippen LogP) is 3.54. The Morgan fingerprint density at radius 1 is 1.16 bits per heavy atom. The van der Waals surface area contributed by atoms with Crippen molar-refractivity contribution in [2.75, 3.05) is 25.6 Å². The van der Waals surface area contributed by atoms with Crippen LogP contribution in [-0.4, -0.2) is 44.1 Å². The summed E-state index contributed by atoms with van der Waals surface area (Å²) < 4.78 is 16.4. The lowest BCUT2D eigenvalue weighted by Gasteiger charge is -2.13. The van der Waals surface area contributed by atoms with Crippen molar-refractivity contribution in [2.45, 2.75) is 25.8 Å². The minimum atomic E-state index is -0.697. The number of nitrogens with one attached hydrogen (secondary N) is 2. The molecule has 3 rings (SSSR count). The summed E-state index contributed by atoms with van der Waals surface area (Å²) in [5, 5.41) is 5.50. The van der Waals surface area contributed by atoms with E-state index in [1.807, 2.05) is 6.92 Å². The molecule has 0 spiro atoms.